The number of anilines is 1. The van der Waals surface area contributed by atoms with E-state index >= 15 is 0 Å². The van der Waals surface area contributed by atoms with Crippen molar-refractivity contribution in [1.82, 2.24) is 24.6 Å². The first kappa shape index (κ1) is 31.8. The van der Waals surface area contributed by atoms with Crippen molar-refractivity contribution >= 4 is 30.7 Å². The first-order valence-electron chi connectivity index (χ1n) is 13.5. The van der Waals surface area contributed by atoms with E-state index in [0.29, 0.717) is 23.5 Å². The molecular weight excluding hydrogens is 569 g/mol. The Labute approximate surface area is 243 Å². The number of hydrogen-bond donors (Lipinski definition) is 4. The summed E-state index contributed by atoms with van der Waals surface area (Å²) in [6.45, 7) is 9.95. The van der Waals surface area contributed by atoms with Crippen molar-refractivity contribution in [2.75, 3.05) is 18.2 Å². The fourth-order valence-electron chi connectivity index (χ4n) is 4.37. The summed E-state index contributed by atoms with van der Waals surface area (Å²) in [6, 6.07) is 5.67. The van der Waals surface area contributed by atoms with Gasteiger partial charge < -0.3 is 24.2 Å². The second-order valence-electron chi connectivity index (χ2n) is 10.5. The number of rotatable bonds is 12. The number of hydrazine groups is 1. The van der Waals surface area contributed by atoms with Crippen LogP contribution >= 0.6 is 7.75 Å². The van der Waals surface area contributed by atoms with Gasteiger partial charge >= 0.3 is 13.7 Å². The number of aryl methyl sites for hydroxylation is 1. The van der Waals surface area contributed by atoms with Gasteiger partial charge in [-0.05, 0) is 53.7 Å². The summed E-state index contributed by atoms with van der Waals surface area (Å²) < 4.78 is 38.0. The van der Waals surface area contributed by atoms with E-state index in [1.165, 1.54) is 36.1 Å². The predicted molar refractivity (Wildman–Crippen MR) is 152 cm³/mol. The minimum Gasteiger partial charge on any atom is -0.462 e. The lowest BCUT2D eigenvalue weighted by Gasteiger charge is -2.27. The van der Waals surface area contributed by atoms with E-state index in [0.717, 1.165) is 5.56 Å². The topological polar surface area (TPSA) is 196 Å². The molecule has 0 saturated carbocycles. The highest BCUT2D eigenvalue weighted by atomic mass is 31.2. The molecule has 3 aromatic rings. The number of nitrogens with two attached hydrogens (primary N) is 1. The second kappa shape index (κ2) is 12.6. The minimum atomic E-state index is -4.25. The number of nitrogens with zero attached hydrogens (tertiary/aromatic N) is 5. The van der Waals surface area contributed by atoms with Gasteiger partial charge in [0, 0.05) is 6.54 Å². The van der Waals surface area contributed by atoms with Crippen LogP contribution in [0.1, 0.15) is 46.4 Å². The molecule has 2 aromatic heterocycles. The molecule has 0 amide bonds. The van der Waals surface area contributed by atoms with Gasteiger partial charge in [0.25, 0.3) is 0 Å². The number of ether oxygens (including phenoxy) is 2. The van der Waals surface area contributed by atoms with Crippen molar-refractivity contribution in [1.29, 1.82) is 0 Å². The third kappa shape index (κ3) is 6.73. The van der Waals surface area contributed by atoms with Gasteiger partial charge in [0.1, 0.15) is 35.9 Å². The number of imidazole rings is 1. The van der Waals surface area contributed by atoms with Gasteiger partial charge in [0.15, 0.2) is 23.2 Å². The molecule has 230 valence electrons. The van der Waals surface area contributed by atoms with Crippen LogP contribution in [0.4, 0.5) is 5.82 Å². The van der Waals surface area contributed by atoms with Crippen molar-refractivity contribution in [3.8, 4) is 5.75 Å². The fraction of sp³-hybridized carbons (Fsp3) is 0.538. The summed E-state index contributed by atoms with van der Waals surface area (Å²) in [5.74, 6) is 5.97. The Hall–Kier alpha value is -3.17. The Balaban J connectivity index is 1.56. The van der Waals surface area contributed by atoms with Crippen molar-refractivity contribution < 1.29 is 38.1 Å². The Morgan fingerprint density at radius 2 is 1.95 bits per heavy atom. The number of hydrogen-bond acceptors (Lipinski definition) is 13. The molecule has 0 bridgehead atoms. The number of aromatic nitrogens is 4. The highest BCUT2D eigenvalue weighted by molar-refractivity contribution is 7.52. The Kier molecular flexibility index (Phi) is 9.52. The smallest absolute Gasteiger partial charge is 0.459 e. The van der Waals surface area contributed by atoms with E-state index in [1.807, 2.05) is 13.8 Å². The fourth-order valence-corrected chi connectivity index (χ4v) is 5.87. The molecule has 4 unspecified atom stereocenters. The molecule has 1 saturated heterocycles. The van der Waals surface area contributed by atoms with Crippen LogP contribution in [0.25, 0.3) is 11.2 Å². The van der Waals surface area contributed by atoms with Crippen LogP contribution in [-0.4, -0.2) is 78.8 Å². The summed E-state index contributed by atoms with van der Waals surface area (Å²) in [6.07, 6.45) is -1.50. The van der Waals surface area contributed by atoms with E-state index in [4.69, 9.17) is 24.4 Å². The van der Waals surface area contributed by atoms with Gasteiger partial charge in [-0.15, -0.1) is 0 Å². The largest absolute Gasteiger partial charge is 0.462 e. The van der Waals surface area contributed by atoms with E-state index in [9.17, 15) is 19.6 Å². The molecule has 1 aromatic carbocycles. The predicted octanol–water partition coefficient (Wildman–Crippen LogP) is 1.98. The molecule has 4 rings (SSSR count). The maximum Gasteiger partial charge on any atom is 0.459 e. The normalized spacial score (nSPS) is 24.5. The number of fused-ring (bicyclic) bond motifs is 1. The van der Waals surface area contributed by atoms with Crippen LogP contribution in [0.3, 0.4) is 0 Å². The van der Waals surface area contributed by atoms with Crippen molar-refractivity contribution in [3.63, 3.8) is 0 Å². The van der Waals surface area contributed by atoms with Crippen LogP contribution in [0, 0.1) is 6.92 Å². The zero-order chi connectivity index (χ0) is 30.8. The molecule has 0 radical (unpaired) electrons. The molecule has 1 aliphatic rings. The van der Waals surface area contributed by atoms with Crippen LogP contribution in [-0.2, 0) is 23.4 Å². The number of benzene rings is 1. The zero-order valence-electron chi connectivity index (χ0n) is 24.4. The molecule has 0 aliphatic carbocycles. The summed E-state index contributed by atoms with van der Waals surface area (Å²) in [5, 5.41) is 26.4. The van der Waals surface area contributed by atoms with Crippen LogP contribution < -0.4 is 20.5 Å². The van der Waals surface area contributed by atoms with E-state index in [2.05, 4.69) is 20.0 Å². The first-order chi connectivity index (χ1) is 19.8. The molecule has 1 fully saturated rings. The Bertz CT molecular complexity index is 1430. The number of nitrogens with one attached hydrogen (secondary N) is 1. The van der Waals surface area contributed by atoms with Crippen LogP contribution in [0.15, 0.2) is 36.9 Å². The maximum atomic E-state index is 13.9. The summed E-state index contributed by atoms with van der Waals surface area (Å²) in [4.78, 5) is 25.3. The van der Waals surface area contributed by atoms with Crippen LogP contribution in [0.2, 0.25) is 0 Å². The summed E-state index contributed by atoms with van der Waals surface area (Å²) in [5.41, 5.74) is -0.203. The highest BCUT2D eigenvalue weighted by Crippen LogP contribution is 2.47. The third-order valence-electron chi connectivity index (χ3n) is 6.67. The molecular formula is C26H38N7O8P. The van der Waals surface area contributed by atoms with Gasteiger partial charge in [-0.25, -0.2) is 25.4 Å². The van der Waals surface area contributed by atoms with Crippen molar-refractivity contribution in [3.05, 3.63) is 42.5 Å². The monoisotopic (exact) mass is 607 g/mol. The molecule has 0 spiro atoms. The van der Waals surface area contributed by atoms with E-state index in [1.54, 1.807) is 38.1 Å². The average molecular weight is 608 g/mol. The Morgan fingerprint density at radius 3 is 2.60 bits per heavy atom. The van der Waals surface area contributed by atoms with Crippen molar-refractivity contribution in [2.24, 2.45) is 5.84 Å². The summed E-state index contributed by atoms with van der Waals surface area (Å²) >= 11 is 0. The minimum absolute atomic E-state index is 0.222. The molecule has 6 atom stereocenters. The molecule has 16 heteroatoms. The lowest BCUT2D eigenvalue weighted by molar-refractivity contribution is -0.149. The standard InChI is InChI=1S/C26H38N7O8P/c1-7-33(27)23-20-22(28-13-29-23)32(14-30-20)25-26(6,36)21(34)19(40-25)12-38-42(37,31-17(5)24(35)39-15(2)3)41-18-10-8-16(4)9-11-18/h8-11,13-15,17,19,21,25,34,36H,7,12,27H2,1-6H3,(H,31,37)/t17?,19?,21-,25?,26-,42?/m1/s1. The highest BCUT2D eigenvalue weighted by Gasteiger charge is 2.54. The number of aliphatic hydroxyl groups is 2. The van der Waals surface area contributed by atoms with Crippen LogP contribution in [0.5, 0.6) is 5.75 Å². The lowest BCUT2D eigenvalue weighted by atomic mass is 9.96. The maximum absolute atomic E-state index is 13.9. The second-order valence-corrected chi connectivity index (χ2v) is 12.2. The summed E-state index contributed by atoms with van der Waals surface area (Å²) in [7, 11) is -4.25. The zero-order valence-corrected chi connectivity index (χ0v) is 25.3. The number of esters is 1. The molecule has 15 nitrogen and oxygen atoms in total. The van der Waals surface area contributed by atoms with Gasteiger partial charge in [-0.1, -0.05) is 17.7 Å². The number of aliphatic hydroxyl groups excluding tert-OH is 1. The lowest BCUT2D eigenvalue weighted by Crippen LogP contribution is -2.44. The van der Waals surface area contributed by atoms with Crippen molar-refractivity contribution in [2.45, 2.75) is 77.7 Å². The molecule has 3 heterocycles. The van der Waals surface area contributed by atoms with Gasteiger partial charge in [-0.3, -0.25) is 18.9 Å². The molecule has 5 N–H and O–H groups in total. The van der Waals surface area contributed by atoms with Gasteiger partial charge in [-0.2, -0.15) is 5.09 Å². The Morgan fingerprint density at radius 1 is 1.26 bits per heavy atom. The number of carbonyl (C=O) groups excluding carboxylic acids is 1. The average Bonchev–Trinajstić information content (AvgIpc) is 3.45. The molecule has 1 aliphatic heterocycles. The number of carbonyl (C=O) groups is 1. The SMILES string of the molecule is CCN(N)c1ncnc2c1ncn2C1OC(COP(=O)(NC(C)C(=O)OC(C)C)Oc2ccc(C)cc2)[C@@H](O)[C@@]1(C)O. The quantitative estimate of drug-likeness (QED) is 0.101. The van der Waals surface area contributed by atoms with Gasteiger partial charge in [0.2, 0.25) is 0 Å². The molecule has 42 heavy (non-hydrogen) atoms. The third-order valence-corrected chi connectivity index (χ3v) is 8.32. The van der Waals surface area contributed by atoms with E-state index < -0.39 is 56.5 Å². The first-order valence-corrected chi connectivity index (χ1v) is 15.0. The van der Waals surface area contributed by atoms with Gasteiger partial charge in [0.05, 0.1) is 19.0 Å². The van der Waals surface area contributed by atoms with E-state index in [-0.39, 0.29) is 5.75 Å².